The molecule has 33 heavy (non-hydrogen) atoms. The molecule has 0 atom stereocenters. The lowest BCUT2D eigenvalue weighted by Gasteiger charge is -2.26. The Morgan fingerprint density at radius 1 is 1.00 bits per heavy atom. The van der Waals surface area contributed by atoms with Crippen molar-refractivity contribution in [3.05, 3.63) is 72.4 Å². The van der Waals surface area contributed by atoms with E-state index in [9.17, 15) is 13.2 Å². The molecular formula is C24H25N3O5S. The third-order valence-corrected chi connectivity index (χ3v) is 7.24. The third-order valence-electron chi connectivity index (χ3n) is 5.35. The lowest BCUT2D eigenvalue weighted by atomic mass is 10.2. The van der Waals surface area contributed by atoms with E-state index in [2.05, 4.69) is 10.3 Å². The Bertz CT molecular complexity index is 1230. The normalized spacial score (nSPS) is 14.5. The molecule has 1 aromatic heterocycles. The van der Waals surface area contributed by atoms with Crippen LogP contribution in [0.5, 0.6) is 17.4 Å². The minimum Gasteiger partial charge on any atom is -0.495 e. The number of methoxy groups -OCH3 is 1. The maximum Gasteiger partial charge on any atom is 0.261 e. The van der Waals surface area contributed by atoms with Crippen molar-refractivity contribution in [2.24, 2.45) is 0 Å². The number of rotatable bonds is 7. The number of aromatic nitrogens is 1. The van der Waals surface area contributed by atoms with Crippen LogP contribution in [0.25, 0.3) is 0 Å². The van der Waals surface area contributed by atoms with Crippen LogP contribution >= 0.6 is 0 Å². The summed E-state index contributed by atoms with van der Waals surface area (Å²) in [5, 5.41) is 2.75. The Kier molecular flexibility index (Phi) is 6.90. The van der Waals surface area contributed by atoms with E-state index in [1.54, 1.807) is 24.3 Å². The van der Waals surface area contributed by atoms with E-state index < -0.39 is 15.9 Å². The molecule has 0 bridgehead atoms. The van der Waals surface area contributed by atoms with Crippen LogP contribution in [-0.2, 0) is 10.0 Å². The maximum absolute atomic E-state index is 13.1. The molecule has 0 spiro atoms. The second kappa shape index (κ2) is 10.0. The summed E-state index contributed by atoms with van der Waals surface area (Å²) in [4.78, 5) is 17.4. The highest BCUT2D eigenvalue weighted by Crippen LogP contribution is 2.31. The monoisotopic (exact) mass is 467 g/mol. The molecule has 1 amide bonds. The maximum atomic E-state index is 13.1. The van der Waals surface area contributed by atoms with Crippen molar-refractivity contribution in [3.8, 4) is 17.4 Å². The standard InChI is InChI=1S/C24H25N3O5S/c1-31-22-13-12-19(33(29,30)27-15-6-3-7-16-27)17-21(22)26-23(28)20-11-8-14-25-24(20)32-18-9-4-2-5-10-18/h2,4-5,8-14,17H,3,6-7,15-16H2,1H3,(H,26,28). The third kappa shape index (κ3) is 5.15. The number of piperidine rings is 1. The van der Waals surface area contributed by atoms with Gasteiger partial charge in [-0.3, -0.25) is 4.79 Å². The van der Waals surface area contributed by atoms with Gasteiger partial charge < -0.3 is 14.8 Å². The number of amides is 1. The van der Waals surface area contributed by atoms with Gasteiger partial charge in [0, 0.05) is 19.3 Å². The van der Waals surface area contributed by atoms with E-state index in [0.717, 1.165) is 19.3 Å². The number of carbonyl (C=O) groups is 1. The largest absolute Gasteiger partial charge is 0.495 e. The second-order valence-corrected chi connectivity index (χ2v) is 9.49. The van der Waals surface area contributed by atoms with Gasteiger partial charge in [-0.05, 0) is 55.3 Å². The summed E-state index contributed by atoms with van der Waals surface area (Å²) < 4.78 is 38.8. The first-order chi connectivity index (χ1) is 16.0. The van der Waals surface area contributed by atoms with E-state index in [0.29, 0.717) is 24.6 Å². The summed E-state index contributed by atoms with van der Waals surface area (Å²) >= 11 is 0. The molecule has 1 aliphatic heterocycles. The molecule has 2 aromatic carbocycles. The quantitative estimate of drug-likeness (QED) is 0.556. The highest BCUT2D eigenvalue weighted by Gasteiger charge is 2.27. The van der Waals surface area contributed by atoms with E-state index >= 15 is 0 Å². The van der Waals surface area contributed by atoms with Crippen molar-refractivity contribution >= 4 is 21.6 Å². The molecule has 1 N–H and O–H groups in total. The van der Waals surface area contributed by atoms with Crippen molar-refractivity contribution in [2.75, 3.05) is 25.5 Å². The Morgan fingerprint density at radius 3 is 2.48 bits per heavy atom. The van der Waals surface area contributed by atoms with Gasteiger partial charge in [-0.15, -0.1) is 0 Å². The summed E-state index contributed by atoms with van der Waals surface area (Å²) in [7, 11) is -2.21. The van der Waals surface area contributed by atoms with E-state index in [1.807, 2.05) is 18.2 Å². The fourth-order valence-electron chi connectivity index (χ4n) is 3.63. The van der Waals surface area contributed by atoms with Crippen molar-refractivity contribution in [2.45, 2.75) is 24.2 Å². The number of nitrogens with zero attached hydrogens (tertiary/aromatic N) is 2. The van der Waals surface area contributed by atoms with Crippen molar-refractivity contribution in [1.29, 1.82) is 0 Å². The van der Waals surface area contributed by atoms with Gasteiger partial charge in [0.15, 0.2) is 0 Å². The van der Waals surface area contributed by atoms with Gasteiger partial charge in [0.2, 0.25) is 15.9 Å². The van der Waals surface area contributed by atoms with Crippen molar-refractivity contribution < 1.29 is 22.7 Å². The highest BCUT2D eigenvalue weighted by molar-refractivity contribution is 7.89. The average Bonchev–Trinajstić information content (AvgIpc) is 2.85. The Balaban J connectivity index is 1.61. The summed E-state index contributed by atoms with van der Waals surface area (Å²) in [6, 6.07) is 16.7. The number of sulfonamides is 1. The molecule has 1 aliphatic rings. The number of pyridine rings is 1. The predicted molar refractivity (Wildman–Crippen MR) is 124 cm³/mol. The van der Waals surface area contributed by atoms with Gasteiger partial charge in [-0.2, -0.15) is 4.31 Å². The molecule has 0 radical (unpaired) electrons. The smallest absolute Gasteiger partial charge is 0.261 e. The lowest BCUT2D eigenvalue weighted by molar-refractivity contribution is 0.102. The molecule has 1 fully saturated rings. The number of nitrogens with one attached hydrogen (secondary N) is 1. The molecule has 9 heteroatoms. The number of benzene rings is 2. The average molecular weight is 468 g/mol. The SMILES string of the molecule is COc1ccc(S(=O)(=O)N2CCCCC2)cc1NC(=O)c1cccnc1Oc1ccccc1. The van der Waals surface area contributed by atoms with Gasteiger partial charge in [0.1, 0.15) is 17.1 Å². The molecule has 2 heterocycles. The van der Waals surface area contributed by atoms with Crippen LogP contribution in [0.2, 0.25) is 0 Å². The second-order valence-electron chi connectivity index (χ2n) is 7.55. The van der Waals surface area contributed by atoms with Gasteiger partial charge in [0.05, 0.1) is 17.7 Å². The predicted octanol–water partition coefficient (Wildman–Crippen LogP) is 4.31. The number of anilines is 1. The lowest BCUT2D eigenvalue weighted by Crippen LogP contribution is -2.35. The Hall–Kier alpha value is -3.43. The van der Waals surface area contributed by atoms with Crippen molar-refractivity contribution in [1.82, 2.24) is 9.29 Å². The molecule has 172 valence electrons. The first-order valence-electron chi connectivity index (χ1n) is 10.7. The Labute approximate surface area is 193 Å². The van der Waals surface area contributed by atoms with Gasteiger partial charge in [-0.1, -0.05) is 24.6 Å². The van der Waals surface area contributed by atoms with Gasteiger partial charge >= 0.3 is 0 Å². The number of hydrogen-bond donors (Lipinski definition) is 1. The molecule has 0 saturated carbocycles. The minimum absolute atomic E-state index is 0.104. The summed E-state index contributed by atoms with van der Waals surface area (Å²) in [6.07, 6.45) is 4.23. The molecule has 3 aromatic rings. The molecule has 4 rings (SSSR count). The fraction of sp³-hybridized carbons (Fsp3) is 0.250. The molecular weight excluding hydrogens is 442 g/mol. The van der Waals surface area contributed by atoms with Crippen LogP contribution < -0.4 is 14.8 Å². The van der Waals surface area contributed by atoms with Crippen LogP contribution in [0.1, 0.15) is 29.6 Å². The fourth-order valence-corrected chi connectivity index (χ4v) is 5.18. The zero-order chi connectivity index (χ0) is 23.3. The van der Waals surface area contributed by atoms with Crippen LogP contribution in [0, 0.1) is 0 Å². The van der Waals surface area contributed by atoms with Crippen LogP contribution in [-0.4, -0.2) is 43.8 Å². The highest BCUT2D eigenvalue weighted by atomic mass is 32.2. The number of hydrogen-bond acceptors (Lipinski definition) is 6. The summed E-state index contributed by atoms with van der Waals surface area (Å²) in [5.41, 5.74) is 0.447. The van der Waals surface area contributed by atoms with Crippen LogP contribution in [0.4, 0.5) is 5.69 Å². The zero-order valence-corrected chi connectivity index (χ0v) is 19.0. The number of para-hydroxylation sites is 1. The first-order valence-corrected chi connectivity index (χ1v) is 12.1. The molecule has 8 nitrogen and oxygen atoms in total. The van der Waals surface area contributed by atoms with E-state index in [-0.39, 0.29) is 22.0 Å². The Morgan fingerprint density at radius 2 is 1.76 bits per heavy atom. The zero-order valence-electron chi connectivity index (χ0n) is 18.2. The minimum atomic E-state index is -3.67. The summed E-state index contributed by atoms with van der Waals surface area (Å²) in [5.74, 6) is 0.518. The van der Waals surface area contributed by atoms with Gasteiger partial charge in [-0.25, -0.2) is 13.4 Å². The van der Waals surface area contributed by atoms with E-state index in [1.165, 1.54) is 35.8 Å². The number of ether oxygens (including phenoxy) is 2. The van der Waals surface area contributed by atoms with Gasteiger partial charge in [0.25, 0.3) is 5.91 Å². The molecule has 1 saturated heterocycles. The van der Waals surface area contributed by atoms with Crippen molar-refractivity contribution in [3.63, 3.8) is 0 Å². The molecule has 0 unspecified atom stereocenters. The molecule has 0 aliphatic carbocycles. The first kappa shape index (κ1) is 22.8. The van der Waals surface area contributed by atoms with Crippen LogP contribution in [0.15, 0.2) is 71.8 Å². The van der Waals surface area contributed by atoms with Crippen LogP contribution in [0.3, 0.4) is 0 Å². The number of carbonyl (C=O) groups excluding carboxylic acids is 1. The topological polar surface area (TPSA) is 97.8 Å². The van der Waals surface area contributed by atoms with E-state index in [4.69, 9.17) is 9.47 Å². The summed E-state index contributed by atoms with van der Waals surface area (Å²) in [6.45, 7) is 0.984.